The molecule has 94 valence electrons. The van der Waals surface area contributed by atoms with Gasteiger partial charge in [0, 0.05) is 25.3 Å². The van der Waals surface area contributed by atoms with Gasteiger partial charge in [-0.3, -0.25) is 4.79 Å². The van der Waals surface area contributed by atoms with Gasteiger partial charge in [0.2, 0.25) is 5.91 Å². The lowest BCUT2D eigenvalue weighted by Gasteiger charge is -2.11. The van der Waals surface area contributed by atoms with Crippen LogP contribution >= 0.6 is 0 Å². The fourth-order valence-corrected chi connectivity index (χ4v) is 1.69. The molecule has 1 aromatic heterocycles. The van der Waals surface area contributed by atoms with E-state index in [9.17, 15) is 4.79 Å². The molecule has 0 saturated heterocycles. The highest BCUT2D eigenvalue weighted by molar-refractivity contribution is 5.80. The zero-order chi connectivity index (χ0) is 13.1. The van der Waals surface area contributed by atoms with Crippen molar-refractivity contribution in [3.05, 3.63) is 42.2 Å². The smallest absolute Gasteiger partial charge is 0.226 e. The molecule has 0 radical (unpaired) electrons. The van der Waals surface area contributed by atoms with E-state index < -0.39 is 0 Å². The highest BCUT2D eigenvalue weighted by atomic mass is 16.3. The number of hydrogen-bond donors (Lipinski definition) is 1. The van der Waals surface area contributed by atoms with Crippen LogP contribution in [-0.2, 0) is 11.2 Å². The Morgan fingerprint density at radius 1 is 1.33 bits per heavy atom. The van der Waals surface area contributed by atoms with Crippen molar-refractivity contribution in [1.29, 1.82) is 0 Å². The fourth-order valence-electron chi connectivity index (χ4n) is 1.69. The Morgan fingerprint density at radius 3 is 2.72 bits per heavy atom. The Balaban J connectivity index is 2.30. The van der Waals surface area contributed by atoms with Gasteiger partial charge in [-0.25, -0.2) is 0 Å². The molecule has 0 atom stereocenters. The number of likely N-dealkylation sites (N-methyl/N-ethyl adjacent to an activating group) is 1. The highest BCUT2D eigenvalue weighted by Gasteiger charge is 2.10. The Morgan fingerprint density at radius 2 is 2.11 bits per heavy atom. The second kappa shape index (κ2) is 4.96. The second-order valence-corrected chi connectivity index (χ2v) is 4.36. The molecule has 1 heterocycles. The van der Waals surface area contributed by atoms with E-state index in [1.54, 1.807) is 31.3 Å². The van der Waals surface area contributed by atoms with E-state index in [-0.39, 0.29) is 5.91 Å². The summed E-state index contributed by atoms with van der Waals surface area (Å²) in [6.45, 7) is 0. The maximum absolute atomic E-state index is 11.7. The Labute approximate surface area is 106 Å². The number of amides is 1. The number of anilines is 1. The van der Waals surface area contributed by atoms with E-state index in [1.165, 1.54) is 0 Å². The SMILES string of the molecule is CN(C)C(=O)Cc1ccc(N)c(-c2ccco2)c1. The minimum Gasteiger partial charge on any atom is -0.464 e. The molecule has 4 nitrogen and oxygen atoms in total. The summed E-state index contributed by atoms with van der Waals surface area (Å²) < 4.78 is 5.33. The predicted molar refractivity (Wildman–Crippen MR) is 71.0 cm³/mol. The second-order valence-electron chi connectivity index (χ2n) is 4.36. The molecule has 0 aliphatic heterocycles. The van der Waals surface area contributed by atoms with Gasteiger partial charge in [0.1, 0.15) is 5.76 Å². The average molecular weight is 244 g/mol. The molecule has 0 bridgehead atoms. The largest absolute Gasteiger partial charge is 0.464 e. The maximum atomic E-state index is 11.7. The van der Waals surface area contributed by atoms with Crippen molar-refractivity contribution >= 4 is 11.6 Å². The first kappa shape index (κ1) is 12.2. The molecular weight excluding hydrogens is 228 g/mol. The molecule has 0 saturated carbocycles. The van der Waals surface area contributed by atoms with Crippen LogP contribution in [0.2, 0.25) is 0 Å². The van der Waals surface area contributed by atoms with Crippen LogP contribution in [-0.4, -0.2) is 24.9 Å². The summed E-state index contributed by atoms with van der Waals surface area (Å²) in [7, 11) is 3.49. The van der Waals surface area contributed by atoms with Crippen LogP contribution < -0.4 is 5.73 Å². The minimum absolute atomic E-state index is 0.0603. The van der Waals surface area contributed by atoms with E-state index >= 15 is 0 Å². The highest BCUT2D eigenvalue weighted by Crippen LogP contribution is 2.27. The average Bonchev–Trinajstić information content (AvgIpc) is 2.85. The number of hydrogen-bond acceptors (Lipinski definition) is 3. The van der Waals surface area contributed by atoms with Crippen LogP contribution in [0.1, 0.15) is 5.56 Å². The molecule has 2 aromatic rings. The summed E-state index contributed by atoms with van der Waals surface area (Å²) in [6, 6.07) is 9.23. The monoisotopic (exact) mass is 244 g/mol. The van der Waals surface area contributed by atoms with Crippen molar-refractivity contribution in [3.8, 4) is 11.3 Å². The van der Waals surface area contributed by atoms with Gasteiger partial charge in [-0.05, 0) is 29.8 Å². The van der Waals surface area contributed by atoms with Gasteiger partial charge >= 0.3 is 0 Å². The summed E-state index contributed by atoms with van der Waals surface area (Å²) in [5.41, 5.74) is 8.31. The van der Waals surface area contributed by atoms with E-state index in [1.807, 2.05) is 24.3 Å². The molecule has 0 aliphatic carbocycles. The summed E-state index contributed by atoms with van der Waals surface area (Å²) in [5.74, 6) is 0.775. The minimum atomic E-state index is 0.0603. The zero-order valence-corrected chi connectivity index (χ0v) is 10.5. The third-order valence-electron chi connectivity index (χ3n) is 2.76. The van der Waals surface area contributed by atoms with Crippen molar-refractivity contribution in [3.63, 3.8) is 0 Å². The molecule has 0 unspecified atom stereocenters. The van der Waals surface area contributed by atoms with Crippen molar-refractivity contribution in [1.82, 2.24) is 4.90 Å². The zero-order valence-electron chi connectivity index (χ0n) is 10.5. The van der Waals surface area contributed by atoms with Gasteiger partial charge in [-0.2, -0.15) is 0 Å². The third kappa shape index (κ3) is 2.53. The Bertz CT molecular complexity index is 545. The fraction of sp³-hybridized carbons (Fsp3) is 0.214. The quantitative estimate of drug-likeness (QED) is 0.842. The summed E-state index contributed by atoms with van der Waals surface area (Å²) in [4.78, 5) is 13.2. The summed E-state index contributed by atoms with van der Waals surface area (Å²) in [6.07, 6.45) is 1.97. The molecule has 0 spiro atoms. The maximum Gasteiger partial charge on any atom is 0.226 e. The third-order valence-corrected chi connectivity index (χ3v) is 2.76. The van der Waals surface area contributed by atoms with Gasteiger partial charge in [0.25, 0.3) is 0 Å². The molecule has 1 aromatic carbocycles. The molecule has 4 heteroatoms. The first-order valence-electron chi connectivity index (χ1n) is 5.70. The van der Waals surface area contributed by atoms with Gasteiger partial charge < -0.3 is 15.1 Å². The van der Waals surface area contributed by atoms with Gasteiger partial charge in [0.05, 0.1) is 12.7 Å². The van der Waals surface area contributed by atoms with E-state index in [0.717, 1.165) is 11.1 Å². The topological polar surface area (TPSA) is 59.5 Å². The van der Waals surface area contributed by atoms with E-state index in [2.05, 4.69) is 0 Å². The lowest BCUT2D eigenvalue weighted by atomic mass is 10.0. The Hall–Kier alpha value is -2.23. The number of nitrogens with two attached hydrogens (primary N) is 1. The molecule has 1 amide bonds. The number of carbonyl (C=O) groups excluding carboxylic acids is 1. The molecule has 2 rings (SSSR count). The van der Waals surface area contributed by atoms with Gasteiger partial charge in [0.15, 0.2) is 0 Å². The van der Waals surface area contributed by atoms with Crippen LogP contribution in [0.5, 0.6) is 0 Å². The standard InChI is InChI=1S/C14H16N2O2/c1-16(2)14(17)9-10-5-6-12(15)11(8-10)13-4-3-7-18-13/h3-8H,9,15H2,1-2H3. The van der Waals surface area contributed by atoms with Gasteiger partial charge in [-0.1, -0.05) is 6.07 Å². The number of benzene rings is 1. The molecular formula is C14H16N2O2. The summed E-state index contributed by atoms with van der Waals surface area (Å²) >= 11 is 0. The first-order chi connectivity index (χ1) is 8.58. The normalized spacial score (nSPS) is 10.3. The van der Waals surface area contributed by atoms with Crippen molar-refractivity contribution in [2.75, 3.05) is 19.8 Å². The number of furan rings is 1. The van der Waals surface area contributed by atoms with Crippen LogP contribution in [0.25, 0.3) is 11.3 Å². The Kier molecular flexibility index (Phi) is 3.37. The lowest BCUT2D eigenvalue weighted by Crippen LogP contribution is -2.23. The van der Waals surface area contributed by atoms with Crippen molar-refractivity contribution in [2.24, 2.45) is 0 Å². The number of nitrogen functional groups attached to an aromatic ring is 1. The molecule has 0 aliphatic rings. The first-order valence-corrected chi connectivity index (χ1v) is 5.70. The molecule has 0 fully saturated rings. The summed E-state index contributed by atoms with van der Waals surface area (Å²) in [5, 5.41) is 0. The van der Waals surface area contributed by atoms with E-state index in [0.29, 0.717) is 17.9 Å². The van der Waals surface area contributed by atoms with Crippen molar-refractivity contribution in [2.45, 2.75) is 6.42 Å². The molecule has 18 heavy (non-hydrogen) atoms. The van der Waals surface area contributed by atoms with Crippen LogP contribution in [0, 0.1) is 0 Å². The van der Waals surface area contributed by atoms with Crippen molar-refractivity contribution < 1.29 is 9.21 Å². The number of carbonyl (C=O) groups is 1. The van der Waals surface area contributed by atoms with E-state index in [4.69, 9.17) is 10.2 Å². The van der Waals surface area contributed by atoms with Crippen LogP contribution in [0.3, 0.4) is 0 Å². The number of nitrogens with zero attached hydrogens (tertiary/aromatic N) is 1. The van der Waals surface area contributed by atoms with Crippen LogP contribution in [0.15, 0.2) is 41.0 Å². The lowest BCUT2D eigenvalue weighted by molar-refractivity contribution is -0.127. The van der Waals surface area contributed by atoms with Gasteiger partial charge in [-0.15, -0.1) is 0 Å². The predicted octanol–water partition coefficient (Wildman–Crippen LogP) is 2.16. The number of rotatable bonds is 3. The molecule has 2 N–H and O–H groups in total. The van der Waals surface area contributed by atoms with Crippen LogP contribution in [0.4, 0.5) is 5.69 Å².